The van der Waals surface area contributed by atoms with Gasteiger partial charge in [0, 0.05) is 5.33 Å². The maximum Gasteiger partial charge on any atom is 0.133 e. The normalized spacial score (nSPS) is 10.0. The second-order valence-electron chi connectivity index (χ2n) is 2.51. The van der Waals surface area contributed by atoms with Gasteiger partial charge >= 0.3 is 0 Å². The predicted molar refractivity (Wildman–Crippen MR) is 58.1 cm³/mol. The van der Waals surface area contributed by atoms with Crippen LogP contribution < -0.4 is 4.74 Å². The highest BCUT2D eigenvalue weighted by Gasteiger charge is 2.07. The van der Waals surface area contributed by atoms with E-state index >= 15 is 0 Å². The third-order valence-electron chi connectivity index (χ3n) is 1.80. The van der Waals surface area contributed by atoms with Crippen molar-refractivity contribution in [3.8, 4) is 5.75 Å². The lowest BCUT2D eigenvalue weighted by atomic mass is 10.1. The molecule has 0 atom stereocenters. The van der Waals surface area contributed by atoms with Gasteiger partial charge in [0.25, 0.3) is 0 Å². The maximum absolute atomic E-state index is 5.17. The molecular weight excluding hydrogens is 284 g/mol. The van der Waals surface area contributed by atoms with Gasteiger partial charge in [-0.3, -0.25) is 0 Å². The van der Waals surface area contributed by atoms with Gasteiger partial charge in [0.15, 0.2) is 0 Å². The first-order valence-corrected chi connectivity index (χ1v) is 5.50. The molecule has 0 saturated carbocycles. The predicted octanol–water partition coefficient (Wildman–Crippen LogP) is 3.66. The van der Waals surface area contributed by atoms with Crippen LogP contribution >= 0.6 is 31.9 Å². The molecule has 0 amide bonds. The summed E-state index contributed by atoms with van der Waals surface area (Å²) in [6, 6.07) is 4.02. The Kier molecular flexibility index (Phi) is 3.59. The fourth-order valence-corrected chi connectivity index (χ4v) is 2.86. The monoisotopic (exact) mass is 292 g/mol. The molecule has 3 heteroatoms. The van der Waals surface area contributed by atoms with Crippen molar-refractivity contribution >= 4 is 31.9 Å². The first kappa shape index (κ1) is 10.1. The molecule has 0 saturated heterocycles. The Labute approximate surface area is 89.4 Å². The molecule has 0 aromatic heterocycles. The molecule has 0 N–H and O–H groups in total. The van der Waals surface area contributed by atoms with E-state index in [4.69, 9.17) is 4.74 Å². The molecule has 0 fully saturated rings. The number of hydrogen-bond donors (Lipinski definition) is 0. The van der Waals surface area contributed by atoms with Crippen molar-refractivity contribution in [2.75, 3.05) is 7.11 Å². The summed E-state index contributed by atoms with van der Waals surface area (Å²) >= 11 is 6.93. The molecule has 0 aliphatic heterocycles. The van der Waals surface area contributed by atoms with Crippen LogP contribution in [0.1, 0.15) is 11.1 Å². The number of rotatable bonds is 2. The van der Waals surface area contributed by atoms with Crippen molar-refractivity contribution in [3.05, 3.63) is 27.7 Å². The Morgan fingerprint density at radius 1 is 1.42 bits per heavy atom. The zero-order valence-electron chi connectivity index (χ0n) is 7.03. The van der Waals surface area contributed by atoms with E-state index in [1.165, 1.54) is 11.1 Å². The van der Waals surface area contributed by atoms with Crippen LogP contribution in [-0.2, 0) is 5.33 Å². The summed E-state index contributed by atoms with van der Waals surface area (Å²) in [5, 5.41) is 0.844. The van der Waals surface area contributed by atoms with Crippen LogP contribution in [0.15, 0.2) is 16.6 Å². The second kappa shape index (κ2) is 4.28. The summed E-state index contributed by atoms with van der Waals surface area (Å²) in [5.41, 5.74) is 2.51. The molecule has 12 heavy (non-hydrogen) atoms. The highest BCUT2D eigenvalue weighted by atomic mass is 79.9. The van der Waals surface area contributed by atoms with Crippen molar-refractivity contribution in [2.24, 2.45) is 0 Å². The van der Waals surface area contributed by atoms with Gasteiger partial charge in [-0.2, -0.15) is 0 Å². The largest absolute Gasteiger partial charge is 0.496 e. The van der Waals surface area contributed by atoms with E-state index in [2.05, 4.69) is 44.8 Å². The molecule has 66 valence electrons. The summed E-state index contributed by atoms with van der Waals surface area (Å²) < 4.78 is 6.22. The van der Waals surface area contributed by atoms with Crippen LogP contribution in [0.2, 0.25) is 0 Å². The molecule has 0 radical (unpaired) electrons. The highest BCUT2D eigenvalue weighted by Crippen LogP contribution is 2.31. The van der Waals surface area contributed by atoms with Gasteiger partial charge in [0.1, 0.15) is 5.75 Å². The topological polar surface area (TPSA) is 9.23 Å². The van der Waals surface area contributed by atoms with Crippen LogP contribution in [-0.4, -0.2) is 7.11 Å². The number of methoxy groups -OCH3 is 1. The quantitative estimate of drug-likeness (QED) is 0.756. The Bertz CT molecular complexity index is 284. The van der Waals surface area contributed by atoms with Gasteiger partial charge in [-0.05, 0) is 40.0 Å². The molecule has 1 nitrogen and oxygen atoms in total. The minimum absolute atomic E-state index is 0.844. The molecule has 0 spiro atoms. The summed E-state index contributed by atoms with van der Waals surface area (Å²) in [6.07, 6.45) is 0. The highest BCUT2D eigenvalue weighted by molar-refractivity contribution is 9.11. The van der Waals surface area contributed by atoms with Crippen LogP contribution in [0.3, 0.4) is 0 Å². The average Bonchev–Trinajstić information content (AvgIpc) is 2.06. The molecule has 0 aliphatic rings. The lowest BCUT2D eigenvalue weighted by Crippen LogP contribution is -1.91. The second-order valence-corrected chi connectivity index (χ2v) is 3.86. The van der Waals surface area contributed by atoms with E-state index in [0.717, 1.165) is 15.6 Å². The average molecular weight is 294 g/mol. The zero-order chi connectivity index (χ0) is 9.14. The minimum Gasteiger partial charge on any atom is -0.496 e. The van der Waals surface area contributed by atoms with E-state index in [1.807, 2.05) is 6.07 Å². The van der Waals surface area contributed by atoms with Crippen molar-refractivity contribution in [2.45, 2.75) is 12.3 Å². The number of alkyl halides is 1. The molecule has 1 aromatic rings. The van der Waals surface area contributed by atoms with Gasteiger partial charge in [0.2, 0.25) is 0 Å². The molecular formula is C9H10Br2O. The number of hydrogen-bond acceptors (Lipinski definition) is 1. The number of aryl methyl sites for hydroxylation is 1. The Hall–Kier alpha value is -0.0200. The van der Waals surface area contributed by atoms with E-state index in [-0.39, 0.29) is 0 Å². The molecule has 0 aliphatic carbocycles. The number of ether oxygens (including phenoxy) is 1. The third kappa shape index (κ3) is 1.83. The van der Waals surface area contributed by atoms with Crippen LogP contribution in [0.4, 0.5) is 0 Å². The molecule has 1 aromatic carbocycles. The van der Waals surface area contributed by atoms with Gasteiger partial charge in [-0.1, -0.05) is 22.0 Å². The fraction of sp³-hybridized carbons (Fsp3) is 0.333. The van der Waals surface area contributed by atoms with Crippen molar-refractivity contribution in [1.82, 2.24) is 0 Å². The van der Waals surface area contributed by atoms with Crippen LogP contribution in [0.25, 0.3) is 0 Å². The summed E-state index contributed by atoms with van der Waals surface area (Å²) in [4.78, 5) is 0. The van der Waals surface area contributed by atoms with Gasteiger partial charge < -0.3 is 4.74 Å². The van der Waals surface area contributed by atoms with E-state index < -0.39 is 0 Å². The number of benzene rings is 1. The smallest absolute Gasteiger partial charge is 0.133 e. The summed E-state index contributed by atoms with van der Waals surface area (Å²) in [5.74, 6) is 0.884. The van der Waals surface area contributed by atoms with Crippen LogP contribution in [0.5, 0.6) is 5.75 Å². The zero-order valence-corrected chi connectivity index (χ0v) is 10.2. The Morgan fingerprint density at radius 2 is 2.08 bits per heavy atom. The minimum atomic E-state index is 0.844. The SMILES string of the molecule is COc1ccc(C)c(CBr)c1Br. The van der Waals surface area contributed by atoms with E-state index in [0.29, 0.717) is 0 Å². The number of halogens is 2. The third-order valence-corrected chi connectivity index (χ3v) is 3.23. The maximum atomic E-state index is 5.17. The fourth-order valence-electron chi connectivity index (χ4n) is 1.02. The lowest BCUT2D eigenvalue weighted by molar-refractivity contribution is 0.411. The van der Waals surface area contributed by atoms with Crippen LogP contribution in [0, 0.1) is 6.92 Å². The lowest BCUT2D eigenvalue weighted by Gasteiger charge is -2.09. The Balaban J connectivity index is 3.24. The molecule has 1 rings (SSSR count). The van der Waals surface area contributed by atoms with E-state index in [1.54, 1.807) is 7.11 Å². The molecule has 0 bridgehead atoms. The van der Waals surface area contributed by atoms with Crippen molar-refractivity contribution in [3.63, 3.8) is 0 Å². The van der Waals surface area contributed by atoms with E-state index in [9.17, 15) is 0 Å². The first-order valence-electron chi connectivity index (χ1n) is 3.58. The van der Waals surface area contributed by atoms with Gasteiger partial charge in [0.05, 0.1) is 11.6 Å². The Morgan fingerprint density at radius 3 is 2.58 bits per heavy atom. The standard InChI is InChI=1S/C9H10Br2O/c1-6-3-4-8(12-2)9(11)7(6)5-10/h3-4H,5H2,1-2H3. The van der Waals surface area contributed by atoms with Gasteiger partial charge in [-0.15, -0.1) is 0 Å². The molecule has 0 heterocycles. The van der Waals surface area contributed by atoms with Crippen molar-refractivity contribution < 1.29 is 4.74 Å². The summed E-state index contributed by atoms with van der Waals surface area (Å²) in [6.45, 7) is 2.08. The van der Waals surface area contributed by atoms with Gasteiger partial charge in [-0.25, -0.2) is 0 Å². The first-order chi connectivity index (χ1) is 5.70. The summed E-state index contributed by atoms with van der Waals surface area (Å²) in [7, 11) is 1.67. The van der Waals surface area contributed by atoms with Crippen molar-refractivity contribution in [1.29, 1.82) is 0 Å². The molecule has 0 unspecified atom stereocenters.